The van der Waals surface area contributed by atoms with Crippen LogP contribution in [-0.4, -0.2) is 72.7 Å². The molecule has 1 amide bonds. The van der Waals surface area contributed by atoms with Gasteiger partial charge in [0.05, 0.1) is 24.4 Å². The lowest BCUT2D eigenvalue weighted by atomic mass is 10.1. The third-order valence-corrected chi connectivity index (χ3v) is 6.65. The first-order chi connectivity index (χ1) is 17.2. The number of pyridine rings is 1. The number of anilines is 1. The number of hydrogen-bond acceptors (Lipinski definition) is 9. The van der Waals surface area contributed by atoms with Crippen molar-refractivity contribution in [1.29, 1.82) is 0 Å². The minimum atomic E-state index is -0.720. The van der Waals surface area contributed by atoms with E-state index in [1.165, 1.54) is 24.2 Å². The fraction of sp³-hybridized carbons (Fsp3) is 0.304. The second-order valence-corrected chi connectivity index (χ2v) is 9.82. The summed E-state index contributed by atoms with van der Waals surface area (Å²) in [6.45, 7) is 0.688. The molecule has 3 aromatic heterocycles. The van der Waals surface area contributed by atoms with Gasteiger partial charge in [0.2, 0.25) is 22.2 Å². The van der Waals surface area contributed by atoms with Gasteiger partial charge in [0, 0.05) is 37.1 Å². The summed E-state index contributed by atoms with van der Waals surface area (Å²) >= 11 is 7.28. The Morgan fingerprint density at radius 2 is 2.08 bits per heavy atom. The number of nitrogens with zero attached hydrogens (tertiary/aromatic N) is 5. The monoisotopic (exact) mass is 531 g/mol. The SMILES string of the molecule is CN(CC(O)CSc1n[nH]c(N)n1)CN(Cc1ccc(Cl)cc1)C(=O)c1cn(C)c2occc2c1=O. The Labute approximate surface area is 215 Å². The van der Waals surface area contributed by atoms with Crippen molar-refractivity contribution in [1.82, 2.24) is 29.5 Å². The van der Waals surface area contributed by atoms with E-state index in [1.807, 2.05) is 17.0 Å². The fourth-order valence-electron chi connectivity index (χ4n) is 3.78. The molecular weight excluding hydrogens is 506 g/mol. The molecule has 11 nitrogen and oxygen atoms in total. The number of halogens is 1. The quantitative estimate of drug-likeness (QED) is 0.207. The Morgan fingerprint density at radius 1 is 1.33 bits per heavy atom. The fourth-order valence-corrected chi connectivity index (χ4v) is 4.62. The Balaban J connectivity index is 1.51. The summed E-state index contributed by atoms with van der Waals surface area (Å²) in [5.41, 5.74) is 6.41. The number of likely N-dealkylation sites (N-methyl/N-ethyl adjacent to an activating group) is 1. The van der Waals surface area contributed by atoms with Gasteiger partial charge in [-0.25, -0.2) is 5.10 Å². The van der Waals surface area contributed by atoms with Crippen LogP contribution in [0.5, 0.6) is 0 Å². The number of aryl methyl sites for hydroxylation is 1. The van der Waals surface area contributed by atoms with Crippen molar-refractivity contribution in [2.24, 2.45) is 7.05 Å². The molecule has 0 spiro atoms. The van der Waals surface area contributed by atoms with Crippen LogP contribution in [0, 0.1) is 0 Å². The first kappa shape index (κ1) is 25.8. The first-order valence-electron chi connectivity index (χ1n) is 11.0. The number of aromatic nitrogens is 4. The van der Waals surface area contributed by atoms with E-state index in [1.54, 1.807) is 41.8 Å². The highest BCUT2D eigenvalue weighted by atomic mass is 35.5. The molecule has 13 heteroatoms. The molecule has 3 heterocycles. The first-order valence-corrected chi connectivity index (χ1v) is 12.4. The molecule has 0 fully saturated rings. The number of rotatable bonds is 10. The molecule has 1 aromatic carbocycles. The maximum Gasteiger partial charge on any atom is 0.260 e. The minimum absolute atomic E-state index is 0.0343. The Bertz CT molecular complexity index is 1400. The number of amides is 1. The summed E-state index contributed by atoms with van der Waals surface area (Å²) in [4.78, 5) is 34.0. The number of benzene rings is 1. The van der Waals surface area contributed by atoms with Crippen LogP contribution in [0.1, 0.15) is 15.9 Å². The van der Waals surface area contributed by atoms with Gasteiger partial charge < -0.3 is 24.7 Å². The van der Waals surface area contributed by atoms with Crippen LogP contribution in [0.3, 0.4) is 0 Å². The third-order valence-electron chi connectivity index (χ3n) is 5.40. The van der Waals surface area contributed by atoms with E-state index < -0.39 is 17.4 Å². The van der Waals surface area contributed by atoms with Crippen molar-refractivity contribution < 1.29 is 14.3 Å². The maximum atomic E-state index is 13.6. The molecule has 0 aliphatic heterocycles. The summed E-state index contributed by atoms with van der Waals surface area (Å²) in [5.74, 6) is 0.116. The number of thioether (sulfide) groups is 1. The average molecular weight is 532 g/mol. The van der Waals surface area contributed by atoms with Crippen LogP contribution in [0.4, 0.5) is 5.95 Å². The number of aromatic amines is 1. The molecule has 1 atom stereocenters. The zero-order valence-electron chi connectivity index (χ0n) is 19.7. The van der Waals surface area contributed by atoms with Gasteiger partial charge in [-0.2, -0.15) is 4.98 Å². The number of nitrogens with two attached hydrogens (primary N) is 1. The van der Waals surface area contributed by atoms with E-state index in [4.69, 9.17) is 21.8 Å². The molecule has 4 N–H and O–H groups in total. The van der Waals surface area contributed by atoms with Crippen LogP contribution in [0.2, 0.25) is 5.02 Å². The molecule has 4 aromatic rings. The standard InChI is InChI=1S/C23H26ClN7O4S/c1-29(10-16(32)12-36-23-26-22(25)27-28-23)13-31(9-14-3-5-15(24)6-4-14)20(34)18-11-30(2)21-17(19(18)33)7-8-35-21/h3-8,11,16,32H,9-10,12-13H2,1-2H3,(H3,25,26,27,28). The summed E-state index contributed by atoms with van der Waals surface area (Å²) in [6, 6.07) is 8.70. The van der Waals surface area contributed by atoms with Crippen LogP contribution in [0.25, 0.3) is 11.1 Å². The Hall–Kier alpha value is -3.32. The maximum absolute atomic E-state index is 13.6. The molecule has 0 aliphatic carbocycles. The highest BCUT2D eigenvalue weighted by molar-refractivity contribution is 7.99. The molecule has 36 heavy (non-hydrogen) atoms. The summed E-state index contributed by atoms with van der Waals surface area (Å²) < 4.78 is 6.98. The van der Waals surface area contributed by atoms with E-state index in [2.05, 4.69) is 15.2 Å². The van der Waals surface area contributed by atoms with Crippen LogP contribution >= 0.6 is 23.4 Å². The van der Waals surface area contributed by atoms with Crippen molar-refractivity contribution in [3.05, 3.63) is 69.2 Å². The number of H-pyrrole nitrogens is 1. The number of carbonyl (C=O) groups is 1. The van der Waals surface area contributed by atoms with Gasteiger partial charge in [0.1, 0.15) is 5.56 Å². The number of furan rings is 1. The third kappa shape index (κ3) is 6.08. The summed E-state index contributed by atoms with van der Waals surface area (Å²) in [7, 11) is 3.51. The number of hydrogen-bond donors (Lipinski definition) is 3. The number of aliphatic hydroxyl groups excluding tert-OH is 1. The van der Waals surface area contributed by atoms with Gasteiger partial charge in [-0.1, -0.05) is 35.5 Å². The smallest absolute Gasteiger partial charge is 0.260 e. The summed E-state index contributed by atoms with van der Waals surface area (Å²) in [6.07, 6.45) is 2.19. The van der Waals surface area contributed by atoms with E-state index in [0.29, 0.717) is 27.0 Å². The number of nitrogen functional groups attached to an aromatic ring is 1. The molecule has 0 bridgehead atoms. The van der Waals surface area contributed by atoms with E-state index in [-0.39, 0.29) is 31.3 Å². The number of nitrogens with one attached hydrogen (secondary N) is 1. The molecule has 0 radical (unpaired) electrons. The normalized spacial score (nSPS) is 12.4. The molecule has 1 unspecified atom stereocenters. The van der Waals surface area contributed by atoms with Crippen molar-refractivity contribution in [2.45, 2.75) is 17.8 Å². The van der Waals surface area contributed by atoms with Gasteiger partial charge in [0.15, 0.2) is 0 Å². The van der Waals surface area contributed by atoms with Crippen molar-refractivity contribution in [2.75, 3.05) is 31.7 Å². The van der Waals surface area contributed by atoms with Crippen LogP contribution < -0.4 is 11.2 Å². The zero-order valence-corrected chi connectivity index (χ0v) is 21.3. The lowest BCUT2D eigenvalue weighted by Gasteiger charge is -2.29. The highest BCUT2D eigenvalue weighted by Crippen LogP contribution is 2.17. The molecule has 4 rings (SSSR count). The van der Waals surface area contributed by atoms with Gasteiger partial charge >= 0.3 is 0 Å². The Kier molecular flexibility index (Phi) is 7.99. The van der Waals surface area contributed by atoms with Crippen molar-refractivity contribution in [3.8, 4) is 0 Å². The topological polar surface area (TPSA) is 147 Å². The number of fused-ring (bicyclic) bond motifs is 1. The molecule has 190 valence electrons. The van der Waals surface area contributed by atoms with Gasteiger partial charge in [0.25, 0.3) is 5.91 Å². The number of aliphatic hydroxyl groups is 1. The van der Waals surface area contributed by atoms with Crippen molar-refractivity contribution in [3.63, 3.8) is 0 Å². The van der Waals surface area contributed by atoms with Crippen molar-refractivity contribution >= 4 is 46.3 Å². The molecular formula is C23H26ClN7O4S. The van der Waals surface area contributed by atoms with Gasteiger partial charge in [-0.3, -0.25) is 14.5 Å². The minimum Gasteiger partial charge on any atom is -0.448 e. The van der Waals surface area contributed by atoms with Gasteiger partial charge in [-0.05, 0) is 30.8 Å². The second-order valence-electron chi connectivity index (χ2n) is 8.40. The predicted octanol–water partition coefficient (Wildman–Crippen LogP) is 2.17. The molecule has 0 saturated carbocycles. The van der Waals surface area contributed by atoms with E-state index >= 15 is 0 Å². The Morgan fingerprint density at radius 3 is 2.78 bits per heavy atom. The van der Waals surface area contributed by atoms with Gasteiger partial charge in [-0.15, -0.1) is 5.10 Å². The summed E-state index contributed by atoms with van der Waals surface area (Å²) in [5, 5.41) is 18.4. The van der Waals surface area contributed by atoms with Crippen LogP contribution in [0.15, 0.2) is 57.2 Å². The predicted molar refractivity (Wildman–Crippen MR) is 138 cm³/mol. The molecule has 0 saturated heterocycles. The van der Waals surface area contributed by atoms with E-state index in [0.717, 1.165) is 5.56 Å². The average Bonchev–Trinajstić information content (AvgIpc) is 3.50. The largest absolute Gasteiger partial charge is 0.448 e. The second kappa shape index (κ2) is 11.2. The van der Waals surface area contributed by atoms with E-state index in [9.17, 15) is 14.7 Å². The molecule has 0 aliphatic rings. The zero-order chi connectivity index (χ0) is 25.8. The number of carbonyl (C=O) groups excluding carboxylic acids is 1. The highest BCUT2D eigenvalue weighted by Gasteiger charge is 2.24. The lowest BCUT2D eigenvalue weighted by Crippen LogP contribution is -2.43. The lowest BCUT2D eigenvalue weighted by molar-refractivity contribution is 0.0563. The van der Waals surface area contributed by atoms with Crippen LogP contribution in [-0.2, 0) is 13.6 Å².